The lowest BCUT2D eigenvalue weighted by molar-refractivity contribution is -0.125. The van der Waals surface area contributed by atoms with E-state index in [0.717, 1.165) is 0 Å². The van der Waals surface area contributed by atoms with Crippen LogP contribution in [-0.4, -0.2) is 53.9 Å². The van der Waals surface area contributed by atoms with Gasteiger partial charge in [-0.25, -0.2) is 9.97 Å². The van der Waals surface area contributed by atoms with Crippen LogP contribution in [0.5, 0.6) is 0 Å². The monoisotopic (exact) mass is 518 g/mol. The smallest absolute Gasteiger partial charge is 0.253 e. The van der Waals surface area contributed by atoms with Gasteiger partial charge in [0.2, 0.25) is 0 Å². The number of carbonyl (C=O) groups is 1. The Kier molecular flexibility index (Phi) is 7.73. The number of aromatic nitrogens is 2. The van der Waals surface area contributed by atoms with Crippen molar-refractivity contribution in [3.05, 3.63) is 57.7 Å². The number of halogens is 2. The van der Waals surface area contributed by atoms with Gasteiger partial charge in [0.15, 0.2) is 5.82 Å². The Balaban J connectivity index is 1.50. The summed E-state index contributed by atoms with van der Waals surface area (Å²) in [5.41, 5.74) is 7.34. The quantitative estimate of drug-likeness (QED) is 0.257. The molecule has 0 bridgehead atoms. The van der Waals surface area contributed by atoms with E-state index in [4.69, 9.17) is 43.9 Å². The lowest BCUT2D eigenvalue weighted by atomic mass is 10.1. The Hall–Kier alpha value is -3.35. The van der Waals surface area contributed by atoms with Gasteiger partial charge < -0.3 is 36.4 Å². The molecule has 3 aromatic rings. The van der Waals surface area contributed by atoms with Crippen molar-refractivity contribution in [1.82, 2.24) is 9.97 Å². The first kappa shape index (κ1) is 24.8. The summed E-state index contributed by atoms with van der Waals surface area (Å²) in [6.07, 6.45) is 0. The summed E-state index contributed by atoms with van der Waals surface area (Å²) >= 11 is 12.5. The standard InChI is InChI=1S/C22H22Cl2N7O4/c23-13-1-2-14(15(24)11-13)21-16(30-9-10-35-12-20(30)32)3-5-18(28-21)26-7-8-27-19-6-4-17(31(33)34)22(25)29-19/h1-6,11,33H,7-10,12H2,(H,26,28)(H3,25,27,29)/q-1. The van der Waals surface area contributed by atoms with Gasteiger partial charge in [0.25, 0.3) is 5.91 Å². The number of rotatable bonds is 8. The van der Waals surface area contributed by atoms with Gasteiger partial charge in [-0.2, -0.15) is 0 Å². The SMILES string of the molecule is Nc1nc(NCCNc2ccc(N3CCOCC3=O)c(-c3ccc(Cl)cc3Cl)n2)ccc1N([O-])O. The van der Waals surface area contributed by atoms with E-state index in [0.29, 0.717) is 64.9 Å². The molecule has 1 aromatic carbocycles. The van der Waals surface area contributed by atoms with Crippen LogP contribution in [0.25, 0.3) is 11.3 Å². The molecule has 1 aliphatic rings. The molecule has 0 atom stereocenters. The molecule has 0 unspecified atom stereocenters. The third kappa shape index (κ3) is 5.84. The zero-order chi connectivity index (χ0) is 24.9. The number of nitrogens with zero attached hydrogens (tertiary/aromatic N) is 4. The van der Waals surface area contributed by atoms with E-state index in [2.05, 4.69) is 15.6 Å². The average Bonchev–Trinajstić information content (AvgIpc) is 2.82. The van der Waals surface area contributed by atoms with Crippen molar-refractivity contribution in [2.24, 2.45) is 0 Å². The van der Waals surface area contributed by atoms with Crippen LogP contribution in [0.4, 0.5) is 28.8 Å². The van der Waals surface area contributed by atoms with Crippen molar-refractivity contribution in [1.29, 1.82) is 0 Å². The second-order valence-electron chi connectivity index (χ2n) is 7.51. The summed E-state index contributed by atoms with van der Waals surface area (Å²) in [4.78, 5) is 22.9. The first-order chi connectivity index (χ1) is 16.8. The number of ether oxygens (including phenoxy) is 1. The minimum Gasteiger partial charge on any atom is -0.733 e. The molecule has 1 aliphatic heterocycles. The molecular formula is C22H22Cl2N7O4-. The first-order valence-electron chi connectivity index (χ1n) is 10.6. The van der Waals surface area contributed by atoms with Crippen molar-refractivity contribution in [2.75, 3.05) is 59.3 Å². The summed E-state index contributed by atoms with van der Waals surface area (Å²) < 4.78 is 5.25. The number of hydrogen-bond acceptors (Lipinski definition) is 10. The van der Waals surface area contributed by atoms with Crippen LogP contribution < -0.4 is 26.5 Å². The van der Waals surface area contributed by atoms with E-state index < -0.39 is 0 Å². The van der Waals surface area contributed by atoms with Gasteiger partial charge in [0.05, 0.1) is 28.7 Å². The lowest BCUT2D eigenvalue weighted by Crippen LogP contribution is -2.42. The van der Waals surface area contributed by atoms with Gasteiger partial charge in [-0.05, 0) is 42.5 Å². The molecule has 0 aliphatic carbocycles. The van der Waals surface area contributed by atoms with Crippen LogP contribution in [0.15, 0.2) is 42.5 Å². The number of anilines is 5. The van der Waals surface area contributed by atoms with E-state index in [1.165, 1.54) is 12.1 Å². The van der Waals surface area contributed by atoms with E-state index in [-0.39, 0.29) is 29.2 Å². The fraction of sp³-hybridized carbons (Fsp3) is 0.227. The summed E-state index contributed by atoms with van der Waals surface area (Å²) in [6.45, 7) is 1.76. The largest absolute Gasteiger partial charge is 0.733 e. The maximum atomic E-state index is 12.5. The first-order valence-corrected chi connectivity index (χ1v) is 11.3. The summed E-state index contributed by atoms with van der Waals surface area (Å²) in [7, 11) is 0. The van der Waals surface area contributed by atoms with Gasteiger partial charge in [-0.3, -0.25) is 10.0 Å². The second kappa shape index (κ2) is 10.9. The van der Waals surface area contributed by atoms with Crippen molar-refractivity contribution in [2.45, 2.75) is 0 Å². The van der Waals surface area contributed by atoms with Crippen LogP contribution in [0.3, 0.4) is 0 Å². The minimum atomic E-state index is -0.335. The summed E-state index contributed by atoms with van der Waals surface area (Å²) in [5, 5.41) is 26.8. The molecule has 1 amide bonds. The molecule has 184 valence electrons. The minimum absolute atomic E-state index is 0.00411. The molecule has 4 rings (SSSR count). The molecule has 13 heteroatoms. The number of nitrogens with one attached hydrogen (secondary N) is 2. The van der Waals surface area contributed by atoms with E-state index >= 15 is 0 Å². The molecule has 1 saturated heterocycles. The van der Waals surface area contributed by atoms with Crippen LogP contribution in [0.1, 0.15) is 0 Å². The van der Waals surface area contributed by atoms with Crippen LogP contribution in [0.2, 0.25) is 10.0 Å². The highest BCUT2D eigenvalue weighted by Gasteiger charge is 2.25. The van der Waals surface area contributed by atoms with E-state index in [9.17, 15) is 10.0 Å². The number of amides is 1. The molecule has 1 fully saturated rings. The van der Waals surface area contributed by atoms with Crippen LogP contribution in [-0.2, 0) is 9.53 Å². The topological polar surface area (TPSA) is 152 Å². The third-order valence-corrected chi connectivity index (χ3v) is 5.73. The number of benzene rings is 1. The van der Waals surface area contributed by atoms with Crippen LogP contribution >= 0.6 is 23.2 Å². The third-order valence-electron chi connectivity index (χ3n) is 5.18. The average molecular weight is 519 g/mol. The van der Waals surface area contributed by atoms with E-state index in [1.54, 1.807) is 29.2 Å². The van der Waals surface area contributed by atoms with Crippen molar-refractivity contribution in [3.63, 3.8) is 0 Å². The fourth-order valence-electron chi connectivity index (χ4n) is 3.53. The highest BCUT2D eigenvalue weighted by atomic mass is 35.5. The second-order valence-corrected chi connectivity index (χ2v) is 8.36. The molecule has 0 saturated carbocycles. The Morgan fingerprint density at radius 2 is 1.83 bits per heavy atom. The zero-order valence-electron chi connectivity index (χ0n) is 18.4. The Morgan fingerprint density at radius 3 is 2.49 bits per heavy atom. The van der Waals surface area contributed by atoms with Gasteiger partial charge in [0.1, 0.15) is 18.2 Å². The Labute approximate surface area is 211 Å². The molecule has 11 nitrogen and oxygen atoms in total. The van der Waals surface area contributed by atoms with Gasteiger partial charge in [-0.1, -0.05) is 23.2 Å². The fourth-order valence-corrected chi connectivity index (χ4v) is 4.03. The molecule has 3 heterocycles. The number of hydrogen-bond donors (Lipinski definition) is 4. The highest BCUT2D eigenvalue weighted by molar-refractivity contribution is 6.36. The number of morpholine rings is 1. The normalized spacial score (nSPS) is 13.6. The maximum Gasteiger partial charge on any atom is 0.253 e. The van der Waals surface area contributed by atoms with Gasteiger partial charge in [0, 0.05) is 30.2 Å². The number of carbonyl (C=O) groups excluding carboxylic acids is 1. The Morgan fingerprint density at radius 1 is 1.11 bits per heavy atom. The van der Waals surface area contributed by atoms with Crippen molar-refractivity contribution in [3.8, 4) is 11.3 Å². The van der Waals surface area contributed by atoms with Gasteiger partial charge >= 0.3 is 0 Å². The molecule has 35 heavy (non-hydrogen) atoms. The molecular weight excluding hydrogens is 497 g/mol. The number of nitrogens with two attached hydrogens (primary N) is 1. The predicted octanol–water partition coefficient (Wildman–Crippen LogP) is 3.61. The lowest BCUT2D eigenvalue weighted by Gasteiger charge is -2.28. The molecule has 0 spiro atoms. The maximum absolute atomic E-state index is 12.5. The summed E-state index contributed by atoms with van der Waals surface area (Å²) in [6, 6.07) is 11.6. The van der Waals surface area contributed by atoms with Crippen molar-refractivity contribution < 1.29 is 14.7 Å². The van der Waals surface area contributed by atoms with Crippen molar-refractivity contribution >= 4 is 57.9 Å². The van der Waals surface area contributed by atoms with Gasteiger partial charge in [-0.15, -0.1) is 0 Å². The number of nitrogen functional groups attached to an aromatic ring is 1. The number of pyridine rings is 2. The highest BCUT2D eigenvalue weighted by Crippen LogP contribution is 2.36. The van der Waals surface area contributed by atoms with E-state index in [1.807, 2.05) is 6.07 Å². The molecule has 0 radical (unpaired) electrons. The zero-order valence-corrected chi connectivity index (χ0v) is 19.9. The molecule has 2 aromatic heterocycles. The van der Waals surface area contributed by atoms with Crippen LogP contribution in [0, 0.1) is 5.21 Å². The molecule has 5 N–H and O–H groups in total. The predicted molar refractivity (Wildman–Crippen MR) is 136 cm³/mol. The summed E-state index contributed by atoms with van der Waals surface area (Å²) in [5.74, 6) is 0.758. The Bertz CT molecular complexity index is 1230.